The Bertz CT molecular complexity index is 1550. The number of rotatable bonds is 6. The molecule has 1 fully saturated rings. The summed E-state index contributed by atoms with van der Waals surface area (Å²) in [7, 11) is 0. The van der Waals surface area contributed by atoms with Crippen LogP contribution in [-0.2, 0) is 0 Å². The SMILES string of the molecule is CCC(NC(=O)c1cn(-c2c(F)cc(F)cc2F)c2nc(N3C[C@@H](C)[C@H](O)C3)c(Br)cc2c1=O)C(F)(F)C(F)(F)F. The van der Waals surface area contributed by atoms with Crippen LogP contribution in [0, 0.1) is 23.4 Å². The van der Waals surface area contributed by atoms with Gasteiger partial charge in [-0.05, 0) is 28.4 Å². The molecule has 3 aromatic rings. The van der Waals surface area contributed by atoms with Crippen molar-refractivity contribution in [2.45, 2.75) is 44.5 Å². The highest BCUT2D eigenvalue weighted by atomic mass is 79.9. The van der Waals surface area contributed by atoms with Gasteiger partial charge in [0.25, 0.3) is 5.91 Å². The van der Waals surface area contributed by atoms with Gasteiger partial charge in [0.1, 0.15) is 28.9 Å². The minimum atomic E-state index is -6.03. The van der Waals surface area contributed by atoms with E-state index in [4.69, 9.17) is 0 Å². The second-order valence-corrected chi connectivity index (χ2v) is 10.5. The zero-order chi connectivity index (χ0) is 30.6. The van der Waals surface area contributed by atoms with E-state index in [2.05, 4.69) is 20.9 Å². The number of carbonyl (C=O) groups excluding carboxylic acids is 1. The van der Waals surface area contributed by atoms with Crippen molar-refractivity contribution < 1.29 is 45.0 Å². The fourth-order valence-corrected chi connectivity index (χ4v) is 5.11. The van der Waals surface area contributed by atoms with E-state index in [1.54, 1.807) is 11.8 Å². The number of nitrogens with one attached hydrogen (secondary N) is 1. The van der Waals surface area contributed by atoms with Gasteiger partial charge in [-0.2, -0.15) is 22.0 Å². The fraction of sp³-hybridized carbons (Fsp3) is 0.400. The topological polar surface area (TPSA) is 87.5 Å². The normalized spacial score (nSPS) is 18.7. The Morgan fingerprint density at radius 3 is 2.27 bits per heavy atom. The Kier molecular flexibility index (Phi) is 8.12. The first kappa shape index (κ1) is 30.7. The van der Waals surface area contributed by atoms with Crippen LogP contribution in [0.5, 0.6) is 0 Å². The molecule has 3 heterocycles. The minimum Gasteiger partial charge on any atom is -0.391 e. The Balaban J connectivity index is 1.96. The third-order valence-electron chi connectivity index (χ3n) is 6.78. The van der Waals surface area contributed by atoms with Crippen molar-refractivity contribution in [3.8, 4) is 5.69 Å². The number of pyridine rings is 2. The van der Waals surface area contributed by atoms with Crippen LogP contribution in [0.15, 0.2) is 33.7 Å². The zero-order valence-electron chi connectivity index (χ0n) is 21.2. The average Bonchev–Trinajstić information content (AvgIpc) is 3.19. The monoisotopic (exact) mass is 656 g/mol. The van der Waals surface area contributed by atoms with Crippen molar-refractivity contribution in [2.75, 3.05) is 18.0 Å². The van der Waals surface area contributed by atoms with E-state index in [0.29, 0.717) is 29.4 Å². The predicted molar refractivity (Wildman–Crippen MR) is 135 cm³/mol. The van der Waals surface area contributed by atoms with Gasteiger partial charge in [-0.25, -0.2) is 18.2 Å². The largest absolute Gasteiger partial charge is 0.455 e. The molecule has 1 aromatic carbocycles. The Labute approximate surface area is 234 Å². The van der Waals surface area contributed by atoms with E-state index < -0.39 is 81.7 Å². The first-order chi connectivity index (χ1) is 19.0. The molecule has 7 nitrogen and oxygen atoms in total. The molecule has 1 aliphatic heterocycles. The lowest BCUT2D eigenvalue weighted by atomic mass is 10.1. The van der Waals surface area contributed by atoms with Gasteiger partial charge in [0.05, 0.1) is 16.0 Å². The summed E-state index contributed by atoms with van der Waals surface area (Å²) < 4.78 is 111. The second kappa shape index (κ2) is 10.9. The number of halogens is 9. The van der Waals surface area contributed by atoms with E-state index in [1.807, 2.05) is 0 Å². The maximum absolute atomic E-state index is 14.9. The van der Waals surface area contributed by atoms with Gasteiger partial charge in [-0.3, -0.25) is 14.2 Å². The second-order valence-electron chi connectivity index (χ2n) is 9.63. The number of hydrogen-bond donors (Lipinski definition) is 2. The van der Waals surface area contributed by atoms with Crippen LogP contribution in [-0.4, -0.2) is 57.9 Å². The summed E-state index contributed by atoms with van der Waals surface area (Å²) in [5, 5.41) is 11.2. The van der Waals surface area contributed by atoms with Crippen molar-refractivity contribution in [3.63, 3.8) is 0 Å². The van der Waals surface area contributed by atoms with Gasteiger partial charge in [0, 0.05) is 37.3 Å². The number of alkyl halides is 5. The van der Waals surface area contributed by atoms with Crippen LogP contribution >= 0.6 is 15.9 Å². The van der Waals surface area contributed by atoms with E-state index in [0.717, 1.165) is 13.0 Å². The average molecular weight is 657 g/mol. The number of β-amino-alcohol motifs (C(OH)–C–C–N with tert-alkyl or cyclic N) is 1. The van der Waals surface area contributed by atoms with Gasteiger partial charge < -0.3 is 15.3 Å². The molecule has 0 spiro atoms. The van der Waals surface area contributed by atoms with Crippen LogP contribution in [0.3, 0.4) is 0 Å². The highest BCUT2D eigenvalue weighted by molar-refractivity contribution is 9.10. The number of aromatic nitrogens is 2. The standard InChI is InChI=1S/C25H21BrF8N4O3/c1-3-18(24(30,31)25(32,33)34)35-23(41)13-8-38(19-15(28)4-11(27)5-16(19)29)21-12(20(13)40)6-14(26)22(36-21)37-7-10(2)17(39)9-37/h4-6,8,10,17-18,39H,3,7,9H2,1-2H3,(H,35,41)/t10-,17-,18?/m1/s1. The van der Waals surface area contributed by atoms with Gasteiger partial charge >= 0.3 is 12.1 Å². The Morgan fingerprint density at radius 2 is 1.76 bits per heavy atom. The zero-order valence-corrected chi connectivity index (χ0v) is 22.8. The van der Waals surface area contributed by atoms with Crippen molar-refractivity contribution in [3.05, 3.63) is 62.1 Å². The first-order valence-corrected chi connectivity index (χ1v) is 12.9. The number of aliphatic hydroxyl groups is 1. The van der Waals surface area contributed by atoms with E-state index >= 15 is 0 Å². The molecule has 3 atom stereocenters. The summed E-state index contributed by atoms with van der Waals surface area (Å²) in [6, 6.07) is -1.05. The molecule has 0 saturated carbocycles. The van der Waals surface area contributed by atoms with Gasteiger partial charge in [0.2, 0.25) is 5.43 Å². The van der Waals surface area contributed by atoms with Crippen LogP contribution < -0.4 is 15.6 Å². The Hall–Kier alpha value is -3.27. The van der Waals surface area contributed by atoms with Crippen molar-refractivity contribution >= 4 is 38.7 Å². The van der Waals surface area contributed by atoms with Crippen molar-refractivity contribution in [1.82, 2.24) is 14.9 Å². The molecule has 4 rings (SSSR count). The van der Waals surface area contributed by atoms with Crippen molar-refractivity contribution in [2.24, 2.45) is 5.92 Å². The molecule has 2 N–H and O–H groups in total. The number of amides is 1. The Morgan fingerprint density at radius 1 is 1.15 bits per heavy atom. The smallest absolute Gasteiger partial charge is 0.391 e. The van der Waals surface area contributed by atoms with Crippen LogP contribution in [0.4, 0.5) is 40.9 Å². The van der Waals surface area contributed by atoms with Gasteiger partial charge in [-0.15, -0.1) is 0 Å². The molecule has 0 bridgehead atoms. The third-order valence-corrected chi connectivity index (χ3v) is 7.37. The summed E-state index contributed by atoms with van der Waals surface area (Å²) in [6.07, 6.45) is -7.14. The fourth-order valence-electron chi connectivity index (χ4n) is 4.54. The number of anilines is 1. The quantitative estimate of drug-likeness (QED) is 0.361. The molecule has 16 heteroatoms. The molecule has 1 saturated heterocycles. The summed E-state index contributed by atoms with van der Waals surface area (Å²) in [5.74, 6) is -11.4. The highest BCUT2D eigenvalue weighted by Crippen LogP contribution is 2.39. The van der Waals surface area contributed by atoms with Crippen LogP contribution in [0.25, 0.3) is 16.7 Å². The lowest BCUT2D eigenvalue weighted by Crippen LogP contribution is -2.55. The highest BCUT2D eigenvalue weighted by Gasteiger charge is 2.62. The first-order valence-electron chi connectivity index (χ1n) is 12.1. The van der Waals surface area contributed by atoms with E-state index in [9.17, 15) is 49.8 Å². The molecule has 1 amide bonds. The molecule has 2 aromatic heterocycles. The van der Waals surface area contributed by atoms with E-state index in [-0.39, 0.29) is 22.8 Å². The number of aliphatic hydroxyl groups excluding tert-OH is 1. The number of benzene rings is 1. The summed E-state index contributed by atoms with van der Waals surface area (Å²) in [6.45, 7) is 3.11. The van der Waals surface area contributed by atoms with Crippen molar-refractivity contribution in [1.29, 1.82) is 0 Å². The minimum absolute atomic E-state index is 0.105. The molecule has 0 aliphatic carbocycles. The summed E-state index contributed by atoms with van der Waals surface area (Å²) >= 11 is 3.23. The summed E-state index contributed by atoms with van der Waals surface area (Å²) in [4.78, 5) is 32.2. The molecule has 1 aliphatic rings. The van der Waals surface area contributed by atoms with Crippen LogP contribution in [0.1, 0.15) is 30.6 Å². The lowest BCUT2D eigenvalue weighted by Gasteiger charge is -2.28. The van der Waals surface area contributed by atoms with E-state index in [1.165, 1.54) is 5.32 Å². The number of nitrogens with zero attached hydrogens (tertiary/aromatic N) is 3. The molecule has 1 unspecified atom stereocenters. The lowest BCUT2D eigenvalue weighted by molar-refractivity contribution is -0.292. The van der Waals surface area contributed by atoms with Crippen LogP contribution in [0.2, 0.25) is 0 Å². The maximum Gasteiger partial charge on any atom is 0.455 e. The maximum atomic E-state index is 14.9. The van der Waals surface area contributed by atoms with Gasteiger partial charge in [-0.1, -0.05) is 13.8 Å². The molecule has 41 heavy (non-hydrogen) atoms. The number of carbonyl (C=O) groups is 1. The summed E-state index contributed by atoms with van der Waals surface area (Å²) in [5.41, 5.74) is -3.69. The molecule has 222 valence electrons. The van der Waals surface area contributed by atoms with Gasteiger partial charge in [0.15, 0.2) is 17.3 Å². The third kappa shape index (κ3) is 5.50. The molecule has 0 radical (unpaired) electrons. The molecular weight excluding hydrogens is 636 g/mol. The number of hydrogen-bond acceptors (Lipinski definition) is 5. The predicted octanol–water partition coefficient (Wildman–Crippen LogP) is 5.09. The number of fused-ring (bicyclic) bond motifs is 1. The molecular formula is C25H21BrF8N4O3.